The molecule has 1 amide bonds. The second-order valence-electron chi connectivity index (χ2n) is 5.06. The van der Waals surface area contributed by atoms with Gasteiger partial charge in [-0.25, -0.2) is 9.07 Å². The highest BCUT2D eigenvalue weighted by Crippen LogP contribution is 2.18. The Balaban J connectivity index is 1.69. The first-order valence-corrected chi connectivity index (χ1v) is 7.50. The zero-order valence-corrected chi connectivity index (χ0v) is 13.1. The smallest absolute Gasteiger partial charge is 0.277 e. The van der Waals surface area contributed by atoms with Gasteiger partial charge in [0.25, 0.3) is 5.56 Å². The summed E-state index contributed by atoms with van der Waals surface area (Å²) in [4.78, 5) is 24.2. The van der Waals surface area contributed by atoms with Gasteiger partial charge in [0.1, 0.15) is 11.3 Å². The van der Waals surface area contributed by atoms with Crippen molar-refractivity contribution < 1.29 is 9.18 Å². The molecule has 0 spiro atoms. The maximum atomic E-state index is 13.3. The van der Waals surface area contributed by atoms with Gasteiger partial charge >= 0.3 is 0 Å². The van der Waals surface area contributed by atoms with Crippen LogP contribution in [-0.2, 0) is 11.3 Å². The molecule has 0 saturated carbocycles. The molecule has 0 bridgehead atoms. The van der Waals surface area contributed by atoms with E-state index in [1.54, 1.807) is 24.3 Å². The van der Waals surface area contributed by atoms with E-state index < -0.39 is 5.82 Å². The topological polar surface area (TPSA) is 76.9 Å². The van der Waals surface area contributed by atoms with Crippen LogP contribution in [0, 0.1) is 5.82 Å². The van der Waals surface area contributed by atoms with Crippen LogP contribution in [0.25, 0.3) is 10.9 Å². The van der Waals surface area contributed by atoms with E-state index in [4.69, 9.17) is 11.6 Å². The number of aryl methyl sites for hydroxylation is 1. The highest BCUT2D eigenvalue weighted by Gasteiger charge is 2.09. The van der Waals surface area contributed by atoms with Crippen molar-refractivity contribution in [1.29, 1.82) is 0 Å². The first-order chi connectivity index (χ1) is 11.5. The Labute approximate surface area is 140 Å². The fraction of sp³-hybridized carbons (Fsp3) is 0.125. The summed E-state index contributed by atoms with van der Waals surface area (Å²) in [6.07, 6.45) is -0.00281. The van der Waals surface area contributed by atoms with E-state index in [-0.39, 0.29) is 29.5 Å². The molecule has 24 heavy (non-hydrogen) atoms. The van der Waals surface area contributed by atoms with Crippen LogP contribution >= 0.6 is 11.6 Å². The number of aromatic nitrogens is 3. The van der Waals surface area contributed by atoms with Gasteiger partial charge in [-0.1, -0.05) is 28.9 Å². The molecule has 6 nitrogen and oxygen atoms in total. The van der Waals surface area contributed by atoms with Crippen LogP contribution < -0.4 is 10.9 Å². The van der Waals surface area contributed by atoms with E-state index in [0.29, 0.717) is 16.6 Å². The summed E-state index contributed by atoms with van der Waals surface area (Å²) < 4.78 is 14.5. The second-order valence-corrected chi connectivity index (χ2v) is 5.47. The van der Waals surface area contributed by atoms with Gasteiger partial charge in [0.15, 0.2) is 0 Å². The minimum atomic E-state index is -0.619. The number of hydrogen-bond donors (Lipinski definition) is 1. The molecule has 0 aliphatic rings. The summed E-state index contributed by atoms with van der Waals surface area (Å²) >= 11 is 5.58. The lowest BCUT2D eigenvalue weighted by atomic mass is 10.2. The van der Waals surface area contributed by atoms with Crippen molar-refractivity contribution in [2.24, 2.45) is 0 Å². The maximum Gasteiger partial charge on any atom is 0.277 e. The van der Waals surface area contributed by atoms with E-state index in [1.807, 2.05) is 0 Å². The Morgan fingerprint density at radius 1 is 1.25 bits per heavy atom. The molecule has 0 saturated heterocycles. The van der Waals surface area contributed by atoms with Crippen molar-refractivity contribution >= 4 is 34.1 Å². The molecule has 0 fully saturated rings. The van der Waals surface area contributed by atoms with E-state index in [1.165, 1.54) is 12.1 Å². The van der Waals surface area contributed by atoms with Gasteiger partial charge in [-0.05, 0) is 30.3 Å². The number of halogens is 2. The Bertz CT molecular complexity index is 974. The molecule has 3 rings (SSSR count). The molecule has 3 aromatic rings. The minimum Gasteiger partial charge on any atom is -0.326 e. The van der Waals surface area contributed by atoms with Crippen LogP contribution in [0.4, 0.5) is 10.1 Å². The lowest BCUT2D eigenvalue weighted by Gasteiger charge is -2.07. The highest BCUT2D eigenvalue weighted by atomic mass is 35.5. The summed E-state index contributed by atoms with van der Waals surface area (Å²) in [6, 6.07) is 10.8. The standard InChI is InChI=1S/C16H12ClFN4O2/c17-12-6-5-10(9-13(12)18)19-15(23)7-8-22-16(24)11-3-1-2-4-14(11)20-21-22/h1-6,9H,7-8H2,(H,19,23). The lowest BCUT2D eigenvalue weighted by molar-refractivity contribution is -0.116. The monoisotopic (exact) mass is 346 g/mol. The first-order valence-electron chi connectivity index (χ1n) is 7.12. The minimum absolute atomic E-state index is 0.00281. The Morgan fingerprint density at radius 2 is 2.04 bits per heavy atom. The number of fused-ring (bicyclic) bond motifs is 1. The summed E-state index contributed by atoms with van der Waals surface area (Å²) in [5, 5.41) is 10.7. The summed E-state index contributed by atoms with van der Waals surface area (Å²) in [6.45, 7) is 0.0680. The van der Waals surface area contributed by atoms with Crippen LogP contribution in [0.15, 0.2) is 47.3 Å². The fourth-order valence-electron chi connectivity index (χ4n) is 2.17. The maximum absolute atomic E-state index is 13.3. The van der Waals surface area contributed by atoms with Crippen LogP contribution in [0.3, 0.4) is 0 Å². The second kappa shape index (κ2) is 6.76. The van der Waals surface area contributed by atoms with Crippen LogP contribution in [-0.4, -0.2) is 20.9 Å². The molecule has 0 aliphatic heterocycles. The molecular formula is C16H12ClFN4O2. The molecule has 0 atom stereocenters. The van der Waals surface area contributed by atoms with Gasteiger partial charge in [0.05, 0.1) is 17.0 Å². The third kappa shape index (κ3) is 3.41. The molecular weight excluding hydrogens is 335 g/mol. The van der Waals surface area contributed by atoms with Gasteiger partial charge in [0.2, 0.25) is 5.91 Å². The molecule has 0 aliphatic carbocycles. The Kier molecular flexibility index (Phi) is 4.52. The number of benzene rings is 2. The number of carbonyl (C=O) groups excluding carboxylic acids is 1. The average molecular weight is 347 g/mol. The predicted octanol–water partition coefficient (Wildman–Crippen LogP) is 2.61. The van der Waals surface area contributed by atoms with Crippen molar-refractivity contribution in [2.75, 3.05) is 5.32 Å². The number of anilines is 1. The number of nitrogens with zero attached hydrogens (tertiary/aromatic N) is 3. The van der Waals surface area contributed by atoms with Gasteiger partial charge in [0, 0.05) is 12.1 Å². The molecule has 2 aromatic carbocycles. The fourth-order valence-corrected chi connectivity index (χ4v) is 2.29. The molecule has 122 valence electrons. The number of nitrogens with one attached hydrogen (secondary N) is 1. The average Bonchev–Trinajstić information content (AvgIpc) is 2.58. The normalized spacial score (nSPS) is 10.8. The van der Waals surface area contributed by atoms with Crippen LogP contribution in [0.5, 0.6) is 0 Å². The molecule has 0 radical (unpaired) electrons. The van der Waals surface area contributed by atoms with E-state index in [2.05, 4.69) is 15.6 Å². The SMILES string of the molecule is O=C(CCn1nnc2ccccc2c1=O)Nc1ccc(Cl)c(F)c1. The molecule has 1 aromatic heterocycles. The number of rotatable bonds is 4. The highest BCUT2D eigenvalue weighted by molar-refractivity contribution is 6.30. The first kappa shape index (κ1) is 16.1. The van der Waals surface area contributed by atoms with E-state index >= 15 is 0 Å². The largest absolute Gasteiger partial charge is 0.326 e. The number of carbonyl (C=O) groups is 1. The van der Waals surface area contributed by atoms with Gasteiger partial charge in [-0.2, -0.15) is 0 Å². The van der Waals surface area contributed by atoms with Crippen molar-refractivity contribution in [3.63, 3.8) is 0 Å². The number of amides is 1. The van der Waals surface area contributed by atoms with E-state index in [0.717, 1.165) is 10.7 Å². The van der Waals surface area contributed by atoms with Crippen molar-refractivity contribution in [3.05, 3.63) is 63.7 Å². The third-order valence-corrected chi connectivity index (χ3v) is 3.69. The van der Waals surface area contributed by atoms with Crippen LogP contribution in [0.2, 0.25) is 5.02 Å². The van der Waals surface area contributed by atoms with Gasteiger partial charge in [-0.15, -0.1) is 5.10 Å². The summed E-state index contributed by atoms with van der Waals surface area (Å²) in [7, 11) is 0. The van der Waals surface area contributed by atoms with E-state index in [9.17, 15) is 14.0 Å². The quantitative estimate of drug-likeness (QED) is 0.787. The predicted molar refractivity (Wildman–Crippen MR) is 88.5 cm³/mol. The third-order valence-electron chi connectivity index (χ3n) is 3.38. The Morgan fingerprint density at radius 3 is 2.83 bits per heavy atom. The van der Waals surface area contributed by atoms with Crippen LogP contribution in [0.1, 0.15) is 6.42 Å². The molecule has 1 heterocycles. The molecule has 1 N–H and O–H groups in total. The zero-order chi connectivity index (χ0) is 17.1. The summed E-state index contributed by atoms with van der Waals surface area (Å²) in [5.74, 6) is -0.996. The Hall–Kier alpha value is -2.80. The van der Waals surface area contributed by atoms with Crippen molar-refractivity contribution in [1.82, 2.24) is 15.0 Å². The van der Waals surface area contributed by atoms with Crippen molar-refractivity contribution in [3.8, 4) is 0 Å². The van der Waals surface area contributed by atoms with Crippen molar-refractivity contribution in [2.45, 2.75) is 13.0 Å². The van der Waals surface area contributed by atoms with Gasteiger partial charge < -0.3 is 5.32 Å². The molecule has 0 unspecified atom stereocenters. The zero-order valence-electron chi connectivity index (χ0n) is 12.4. The van der Waals surface area contributed by atoms with Gasteiger partial charge in [-0.3, -0.25) is 9.59 Å². The number of hydrogen-bond acceptors (Lipinski definition) is 4. The molecule has 8 heteroatoms. The summed E-state index contributed by atoms with van der Waals surface area (Å²) in [5.41, 5.74) is 0.477. The lowest BCUT2D eigenvalue weighted by Crippen LogP contribution is -2.26.